The number of benzene rings is 1. The average Bonchev–Trinajstić information content (AvgIpc) is 2.60. The SMILES string of the molecule is O=CC(Br)c1coc2ccccc12. The number of halogens is 1. The first-order chi connectivity index (χ1) is 6.33. The van der Waals surface area contributed by atoms with Crippen molar-refractivity contribution in [2.45, 2.75) is 4.83 Å². The van der Waals surface area contributed by atoms with Gasteiger partial charge in [-0.05, 0) is 6.07 Å². The number of furan rings is 1. The third-order valence-corrected chi connectivity index (χ3v) is 2.64. The zero-order valence-electron chi connectivity index (χ0n) is 6.74. The van der Waals surface area contributed by atoms with Crippen molar-refractivity contribution in [3.05, 3.63) is 36.1 Å². The van der Waals surface area contributed by atoms with E-state index in [0.29, 0.717) is 0 Å². The number of aldehydes is 1. The normalized spacial score (nSPS) is 13.0. The second-order valence-electron chi connectivity index (χ2n) is 2.73. The lowest BCUT2D eigenvalue weighted by atomic mass is 10.1. The molecule has 2 nitrogen and oxygen atoms in total. The van der Waals surface area contributed by atoms with Crippen LogP contribution in [0.2, 0.25) is 0 Å². The number of carbonyl (C=O) groups excluding carboxylic acids is 1. The average molecular weight is 239 g/mol. The Balaban J connectivity index is 2.64. The van der Waals surface area contributed by atoms with Crippen LogP contribution in [0.25, 0.3) is 11.0 Å². The topological polar surface area (TPSA) is 30.2 Å². The highest BCUT2D eigenvalue weighted by Crippen LogP contribution is 2.29. The molecule has 2 rings (SSSR count). The summed E-state index contributed by atoms with van der Waals surface area (Å²) in [5, 5.41) is 0.983. The molecule has 0 saturated heterocycles. The molecule has 0 aliphatic heterocycles. The minimum absolute atomic E-state index is 0.281. The van der Waals surface area contributed by atoms with E-state index in [9.17, 15) is 4.79 Å². The number of alkyl halides is 1. The van der Waals surface area contributed by atoms with Gasteiger partial charge in [0.2, 0.25) is 0 Å². The minimum atomic E-state index is -0.281. The molecule has 1 aromatic heterocycles. The fraction of sp³-hybridized carbons (Fsp3) is 0.100. The molecule has 3 heteroatoms. The standard InChI is InChI=1S/C10H7BrO2/c11-9(5-12)8-6-13-10-4-2-1-3-7(8)10/h1-6,9H. The van der Waals surface area contributed by atoms with Crippen molar-refractivity contribution in [1.82, 2.24) is 0 Å². The molecule has 0 spiro atoms. The second-order valence-corrected chi connectivity index (χ2v) is 3.71. The van der Waals surface area contributed by atoms with Gasteiger partial charge in [-0.3, -0.25) is 0 Å². The minimum Gasteiger partial charge on any atom is -0.464 e. The van der Waals surface area contributed by atoms with Gasteiger partial charge in [-0.2, -0.15) is 0 Å². The van der Waals surface area contributed by atoms with Crippen molar-refractivity contribution in [1.29, 1.82) is 0 Å². The Kier molecular flexibility index (Phi) is 2.19. The summed E-state index contributed by atoms with van der Waals surface area (Å²) in [6.07, 6.45) is 2.45. The van der Waals surface area contributed by atoms with Crippen LogP contribution in [0.4, 0.5) is 0 Å². The van der Waals surface area contributed by atoms with Crippen LogP contribution in [0.3, 0.4) is 0 Å². The van der Waals surface area contributed by atoms with Crippen LogP contribution in [0.15, 0.2) is 34.9 Å². The molecule has 1 unspecified atom stereocenters. The smallest absolute Gasteiger partial charge is 0.138 e. The van der Waals surface area contributed by atoms with Crippen molar-refractivity contribution >= 4 is 33.2 Å². The Labute approximate surface area is 83.7 Å². The first kappa shape index (κ1) is 8.51. The monoisotopic (exact) mass is 238 g/mol. The summed E-state index contributed by atoms with van der Waals surface area (Å²) in [5.74, 6) is 0. The maximum atomic E-state index is 10.6. The summed E-state index contributed by atoms with van der Waals surface area (Å²) in [4.78, 5) is 10.3. The maximum absolute atomic E-state index is 10.6. The molecule has 0 aliphatic carbocycles. The first-order valence-electron chi connectivity index (χ1n) is 3.88. The summed E-state index contributed by atoms with van der Waals surface area (Å²) < 4.78 is 5.28. The van der Waals surface area contributed by atoms with E-state index in [0.717, 1.165) is 22.8 Å². The summed E-state index contributed by atoms with van der Waals surface area (Å²) >= 11 is 3.26. The van der Waals surface area contributed by atoms with Crippen LogP contribution in [-0.2, 0) is 4.79 Å². The molecule has 0 N–H and O–H groups in total. The van der Waals surface area contributed by atoms with E-state index in [1.165, 1.54) is 0 Å². The molecule has 13 heavy (non-hydrogen) atoms. The van der Waals surface area contributed by atoms with Crippen molar-refractivity contribution in [2.24, 2.45) is 0 Å². The molecule has 1 heterocycles. The number of carbonyl (C=O) groups is 1. The summed E-state index contributed by atoms with van der Waals surface area (Å²) in [6.45, 7) is 0. The zero-order valence-corrected chi connectivity index (χ0v) is 8.32. The van der Waals surface area contributed by atoms with E-state index in [1.54, 1.807) is 6.26 Å². The number of fused-ring (bicyclic) bond motifs is 1. The summed E-state index contributed by atoms with van der Waals surface area (Å²) in [5.41, 5.74) is 1.69. The Bertz CT molecular complexity index is 433. The molecule has 0 radical (unpaired) electrons. The van der Waals surface area contributed by atoms with E-state index >= 15 is 0 Å². The van der Waals surface area contributed by atoms with Gasteiger partial charge in [-0.25, -0.2) is 0 Å². The second kappa shape index (κ2) is 3.34. The third-order valence-electron chi connectivity index (χ3n) is 1.93. The van der Waals surface area contributed by atoms with Crippen LogP contribution < -0.4 is 0 Å². The summed E-state index contributed by atoms with van der Waals surface area (Å²) in [6, 6.07) is 7.64. The predicted molar refractivity (Wildman–Crippen MR) is 53.9 cm³/mol. The van der Waals surface area contributed by atoms with Gasteiger partial charge in [0.25, 0.3) is 0 Å². The van der Waals surface area contributed by atoms with Gasteiger partial charge < -0.3 is 9.21 Å². The Morgan fingerprint density at radius 2 is 2.15 bits per heavy atom. The molecule has 66 valence electrons. The van der Waals surface area contributed by atoms with E-state index in [2.05, 4.69) is 15.9 Å². The van der Waals surface area contributed by atoms with Gasteiger partial charge in [0.15, 0.2) is 0 Å². The van der Waals surface area contributed by atoms with E-state index in [1.807, 2.05) is 24.3 Å². The Hall–Kier alpha value is -1.09. The van der Waals surface area contributed by atoms with Gasteiger partial charge >= 0.3 is 0 Å². The van der Waals surface area contributed by atoms with Crippen molar-refractivity contribution in [3.8, 4) is 0 Å². The van der Waals surface area contributed by atoms with E-state index in [4.69, 9.17) is 4.42 Å². The molecule has 0 aliphatic rings. The van der Waals surface area contributed by atoms with Gasteiger partial charge in [-0.15, -0.1) is 0 Å². The number of rotatable bonds is 2. The Morgan fingerprint density at radius 1 is 1.38 bits per heavy atom. The van der Waals surface area contributed by atoms with Crippen molar-refractivity contribution < 1.29 is 9.21 Å². The van der Waals surface area contributed by atoms with Gasteiger partial charge in [0.05, 0.1) is 11.1 Å². The van der Waals surface area contributed by atoms with Gasteiger partial charge in [0.1, 0.15) is 11.9 Å². The van der Waals surface area contributed by atoms with Crippen molar-refractivity contribution in [3.63, 3.8) is 0 Å². The fourth-order valence-corrected chi connectivity index (χ4v) is 1.64. The maximum Gasteiger partial charge on any atom is 0.138 e. The van der Waals surface area contributed by atoms with Crippen LogP contribution in [-0.4, -0.2) is 6.29 Å². The molecule has 0 fully saturated rings. The predicted octanol–water partition coefficient (Wildman–Crippen LogP) is 3.07. The molecular weight excluding hydrogens is 232 g/mol. The summed E-state index contributed by atoms with van der Waals surface area (Å²) in [7, 11) is 0. The molecule has 0 amide bonds. The number of hydrogen-bond donors (Lipinski definition) is 0. The molecule has 1 aromatic carbocycles. The van der Waals surface area contributed by atoms with Crippen molar-refractivity contribution in [2.75, 3.05) is 0 Å². The van der Waals surface area contributed by atoms with Gasteiger partial charge in [0, 0.05) is 10.9 Å². The lowest BCUT2D eigenvalue weighted by Gasteiger charge is -1.96. The number of para-hydroxylation sites is 1. The molecule has 0 bridgehead atoms. The zero-order chi connectivity index (χ0) is 9.26. The van der Waals surface area contributed by atoms with Gasteiger partial charge in [-0.1, -0.05) is 34.1 Å². The fourth-order valence-electron chi connectivity index (χ4n) is 1.29. The quantitative estimate of drug-likeness (QED) is 0.595. The lowest BCUT2D eigenvalue weighted by Crippen LogP contribution is -1.87. The number of hydrogen-bond acceptors (Lipinski definition) is 2. The molecule has 2 aromatic rings. The van der Waals surface area contributed by atoms with E-state index < -0.39 is 0 Å². The van der Waals surface area contributed by atoms with Crippen LogP contribution in [0, 0.1) is 0 Å². The van der Waals surface area contributed by atoms with Crippen LogP contribution in [0.1, 0.15) is 10.4 Å². The van der Waals surface area contributed by atoms with Crippen LogP contribution >= 0.6 is 15.9 Å². The lowest BCUT2D eigenvalue weighted by molar-refractivity contribution is -0.107. The molecular formula is C10H7BrO2. The molecule has 1 atom stereocenters. The van der Waals surface area contributed by atoms with Crippen LogP contribution in [0.5, 0.6) is 0 Å². The largest absolute Gasteiger partial charge is 0.464 e. The Morgan fingerprint density at radius 3 is 2.92 bits per heavy atom. The highest BCUT2D eigenvalue weighted by Gasteiger charge is 2.12. The highest BCUT2D eigenvalue weighted by molar-refractivity contribution is 9.09. The third kappa shape index (κ3) is 1.40. The molecule has 0 saturated carbocycles. The van der Waals surface area contributed by atoms with E-state index in [-0.39, 0.29) is 4.83 Å². The highest BCUT2D eigenvalue weighted by atomic mass is 79.9. The first-order valence-corrected chi connectivity index (χ1v) is 4.80.